The number of carboxylic acids is 1. The molecule has 0 bridgehead atoms. The Morgan fingerprint density at radius 3 is 2.22 bits per heavy atom. The van der Waals surface area contributed by atoms with Crippen molar-refractivity contribution < 1.29 is 29.4 Å². The zero-order valence-corrected chi connectivity index (χ0v) is 7.89. The van der Waals surface area contributed by atoms with E-state index in [1.807, 2.05) is 6.92 Å². The summed E-state index contributed by atoms with van der Waals surface area (Å²) in [5.74, 6) is -0.873. The minimum Gasteiger partial charge on any atom is 0 e. The van der Waals surface area contributed by atoms with Gasteiger partial charge in [0.1, 0.15) is 0 Å². The van der Waals surface area contributed by atoms with Gasteiger partial charge in [0, 0.05) is 25.6 Å². The third kappa shape index (κ3) is 17.6. The molecule has 1 N–H and O–H groups in total. The van der Waals surface area contributed by atoms with Gasteiger partial charge in [0.2, 0.25) is 0 Å². The van der Waals surface area contributed by atoms with Crippen LogP contribution in [0.1, 0.15) is 13.3 Å². The van der Waals surface area contributed by atoms with Crippen molar-refractivity contribution in [1.82, 2.24) is 0 Å². The molecule has 0 fully saturated rings. The quantitative estimate of drug-likeness (QED) is 0.516. The zero-order valence-electron chi connectivity index (χ0n) is 4.92. The minimum absolute atomic E-state index is 0. The summed E-state index contributed by atoms with van der Waals surface area (Å²) < 4.78 is 0. The Bertz CT molecular complexity index is 93.0. The number of carboxylic acid groups (broad SMARTS) is 1. The topological polar surface area (TPSA) is 37.3 Å². The van der Waals surface area contributed by atoms with Crippen LogP contribution in [0, 0.1) is 0 Å². The van der Waals surface area contributed by atoms with E-state index in [4.69, 9.17) is 5.11 Å². The first-order valence-electron chi connectivity index (χ1n) is 2.17. The van der Waals surface area contributed by atoms with Crippen molar-refractivity contribution in [3.05, 3.63) is 12.2 Å². The molecule has 0 spiro atoms. The van der Waals surface area contributed by atoms with Crippen LogP contribution in [0.15, 0.2) is 12.2 Å². The number of hydrogen-bond donors (Lipinski definition) is 1. The Morgan fingerprint density at radius 2 is 2.11 bits per heavy atom. The van der Waals surface area contributed by atoms with Crippen molar-refractivity contribution in [1.29, 1.82) is 0 Å². The summed E-state index contributed by atoms with van der Waals surface area (Å²) >= 11 is 0. The normalized spacial score (nSPS) is 7.67. The van der Waals surface area contributed by atoms with Gasteiger partial charge in [-0.2, -0.15) is 0 Å². The van der Waals surface area contributed by atoms with Gasteiger partial charge in [-0.3, -0.25) is 0 Å². The van der Waals surface area contributed by atoms with Crippen molar-refractivity contribution in [2.24, 2.45) is 0 Å². The Morgan fingerprint density at radius 1 is 1.67 bits per heavy atom. The smallest absolute Gasteiger partial charge is 0 e. The van der Waals surface area contributed by atoms with Gasteiger partial charge in [0.15, 0.2) is 0 Å². The molecule has 0 atom stereocenters. The largest absolute Gasteiger partial charge is 0 e. The third-order valence-corrected chi connectivity index (χ3v) is 0.496. The molecule has 0 saturated heterocycles. The van der Waals surface area contributed by atoms with Gasteiger partial charge < -0.3 is 5.11 Å². The molecule has 0 aromatic heterocycles. The van der Waals surface area contributed by atoms with Crippen LogP contribution in [0.3, 0.4) is 0 Å². The molecule has 2 nitrogen and oxygen atoms in total. The average molecular weight is 208 g/mol. The Kier molecular flexibility index (Phi) is 21.8. The van der Waals surface area contributed by atoms with E-state index >= 15 is 0 Å². The van der Waals surface area contributed by atoms with E-state index in [1.165, 1.54) is 0 Å². The molecular formula is C5H10CaO2Zn. The second kappa shape index (κ2) is 11.8. The zero-order chi connectivity index (χ0) is 5.70. The van der Waals surface area contributed by atoms with E-state index in [2.05, 4.69) is 0 Å². The van der Waals surface area contributed by atoms with Crippen LogP contribution in [0.25, 0.3) is 0 Å². The molecular weight excluding hydrogens is 198 g/mol. The number of allylic oxidation sites excluding steroid dienone is 1. The molecule has 46 valence electrons. The fraction of sp³-hybridized carbons (Fsp3) is 0.400. The maximum Gasteiger partial charge on any atom is 0 e. The standard InChI is InChI=1S/C5H8O2.Ca.Zn.2H/c1-2-3-4-5(6)7;;;;/h3-4H,2H2,1H3,(H,6,7);;;;. The Labute approximate surface area is 97.5 Å². The van der Waals surface area contributed by atoms with Crippen molar-refractivity contribution in [2.75, 3.05) is 0 Å². The van der Waals surface area contributed by atoms with Crippen LogP contribution in [-0.4, -0.2) is 48.8 Å². The first-order valence-corrected chi connectivity index (χ1v) is 2.17. The number of carbonyl (C=O) groups is 1. The molecule has 0 aromatic carbocycles. The minimum atomic E-state index is -0.873. The molecule has 0 rings (SSSR count). The maximum absolute atomic E-state index is 9.67. The first-order chi connectivity index (χ1) is 3.27. The Hall–Kier alpha value is 1.09. The molecule has 0 aliphatic rings. The van der Waals surface area contributed by atoms with Gasteiger partial charge in [0.05, 0.1) is 0 Å². The van der Waals surface area contributed by atoms with Crippen molar-refractivity contribution in [3.63, 3.8) is 0 Å². The van der Waals surface area contributed by atoms with Crippen LogP contribution in [0.4, 0.5) is 0 Å². The van der Waals surface area contributed by atoms with Gasteiger partial charge in [-0.25, -0.2) is 4.79 Å². The van der Waals surface area contributed by atoms with Crippen LogP contribution >= 0.6 is 0 Å². The van der Waals surface area contributed by atoms with Crippen molar-refractivity contribution >= 4 is 43.7 Å². The molecule has 0 aliphatic carbocycles. The summed E-state index contributed by atoms with van der Waals surface area (Å²) in [7, 11) is 0. The molecule has 0 aromatic rings. The third-order valence-electron chi connectivity index (χ3n) is 0.496. The van der Waals surface area contributed by atoms with Gasteiger partial charge >= 0.3 is 43.7 Å². The van der Waals surface area contributed by atoms with Crippen molar-refractivity contribution in [2.45, 2.75) is 13.3 Å². The van der Waals surface area contributed by atoms with Crippen LogP contribution < -0.4 is 0 Å². The molecule has 0 saturated carbocycles. The van der Waals surface area contributed by atoms with Gasteiger partial charge in [-0.15, -0.1) is 0 Å². The van der Waals surface area contributed by atoms with Gasteiger partial charge in [0.25, 0.3) is 0 Å². The Balaban J connectivity index is -0.000000180. The SMILES string of the molecule is CCC=CC(=O)O.[CaH2].[Zn]. The monoisotopic (exact) mass is 206 g/mol. The molecule has 4 heteroatoms. The van der Waals surface area contributed by atoms with E-state index in [9.17, 15) is 4.79 Å². The van der Waals surface area contributed by atoms with Gasteiger partial charge in [-0.05, 0) is 6.42 Å². The molecule has 0 heterocycles. The maximum atomic E-state index is 9.67. The summed E-state index contributed by atoms with van der Waals surface area (Å²) in [6.45, 7) is 1.89. The van der Waals surface area contributed by atoms with E-state index in [-0.39, 0.29) is 57.2 Å². The van der Waals surface area contributed by atoms with E-state index in [1.54, 1.807) is 6.08 Å². The summed E-state index contributed by atoms with van der Waals surface area (Å²) in [4.78, 5) is 9.67. The second-order valence-electron chi connectivity index (χ2n) is 1.15. The first kappa shape index (κ1) is 16.6. The van der Waals surface area contributed by atoms with Crippen molar-refractivity contribution in [3.8, 4) is 0 Å². The van der Waals surface area contributed by atoms with E-state index in [0.717, 1.165) is 12.5 Å². The predicted octanol–water partition coefficient (Wildman–Crippen LogP) is 0.119. The molecule has 0 aliphatic heterocycles. The average Bonchev–Trinajstić information content (AvgIpc) is 1.61. The number of hydrogen-bond acceptors (Lipinski definition) is 1. The second-order valence-corrected chi connectivity index (χ2v) is 1.15. The summed E-state index contributed by atoms with van der Waals surface area (Å²) in [5, 5.41) is 7.96. The predicted molar refractivity (Wildman–Crippen MR) is 35.6 cm³/mol. The summed E-state index contributed by atoms with van der Waals surface area (Å²) in [6, 6.07) is 0. The number of rotatable bonds is 2. The summed E-state index contributed by atoms with van der Waals surface area (Å²) in [6.07, 6.45) is 3.52. The molecule has 0 amide bonds. The van der Waals surface area contributed by atoms with Crippen LogP contribution in [-0.2, 0) is 24.3 Å². The van der Waals surface area contributed by atoms with E-state index in [0.29, 0.717) is 0 Å². The van der Waals surface area contributed by atoms with Crippen LogP contribution in [0.2, 0.25) is 0 Å². The fourth-order valence-electron chi connectivity index (χ4n) is 0.219. The summed E-state index contributed by atoms with van der Waals surface area (Å²) in [5.41, 5.74) is 0. The molecule has 0 radical (unpaired) electrons. The van der Waals surface area contributed by atoms with Crippen LogP contribution in [0.5, 0.6) is 0 Å². The van der Waals surface area contributed by atoms with E-state index < -0.39 is 5.97 Å². The number of aliphatic carboxylic acids is 1. The molecule has 0 unspecified atom stereocenters. The van der Waals surface area contributed by atoms with Gasteiger partial charge in [-0.1, -0.05) is 13.0 Å². The molecule has 9 heavy (non-hydrogen) atoms. The fourth-order valence-corrected chi connectivity index (χ4v) is 0.219.